The Morgan fingerprint density at radius 2 is 1.73 bits per heavy atom. The molecule has 174 valence electrons. The molecule has 0 bridgehead atoms. The molecule has 0 unspecified atom stereocenters. The van der Waals surface area contributed by atoms with Gasteiger partial charge in [0.1, 0.15) is 12.4 Å². The zero-order valence-electron chi connectivity index (χ0n) is 18.5. The molecule has 0 radical (unpaired) electrons. The predicted molar refractivity (Wildman–Crippen MR) is 120 cm³/mol. The van der Waals surface area contributed by atoms with Crippen LogP contribution in [0.15, 0.2) is 72.9 Å². The van der Waals surface area contributed by atoms with E-state index in [0.717, 1.165) is 18.2 Å². The summed E-state index contributed by atoms with van der Waals surface area (Å²) < 4.78 is 46.4. The predicted octanol–water partition coefficient (Wildman–Crippen LogP) is 4.88. The van der Waals surface area contributed by atoms with Crippen molar-refractivity contribution < 1.29 is 22.7 Å². The number of alkyl halides is 3. The zero-order chi connectivity index (χ0) is 23.8. The summed E-state index contributed by atoms with van der Waals surface area (Å²) >= 11 is 0. The topological polar surface area (TPSA) is 45.7 Å². The van der Waals surface area contributed by atoms with Gasteiger partial charge in [-0.2, -0.15) is 13.2 Å². The molecule has 0 atom stereocenters. The molecule has 33 heavy (non-hydrogen) atoms. The lowest BCUT2D eigenvalue weighted by molar-refractivity contribution is -0.138. The number of nitrogens with zero attached hydrogens (tertiary/aromatic N) is 3. The van der Waals surface area contributed by atoms with Crippen LogP contribution in [0, 0.1) is 0 Å². The first kappa shape index (κ1) is 24.3. The molecule has 1 amide bonds. The van der Waals surface area contributed by atoms with Gasteiger partial charge in [-0.15, -0.1) is 0 Å². The average Bonchev–Trinajstić information content (AvgIpc) is 2.78. The Bertz CT molecular complexity index is 1060. The van der Waals surface area contributed by atoms with Crippen LogP contribution in [0.5, 0.6) is 5.75 Å². The number of hydrogen-bond acceptors (Lipinski definition) is 4. The number of likely N-dealkylation sites (N-methyl/N-ethyl adjacent to an activating group) is 1. The van der Waals surface area contributed by atoms with E-state index in [2.05, 4.69) is 4.98 Å². The first-order valence-corrected chi connectivity index (χ1v) is 10.5. The molecule has 2 aromatic carbocycles. The quantitative estimate of drug-likeness (QED) is 0.459. The average molecular weight is 457 g/mol. The second-order valence-corrected chi connectivity index (χ2v) is 7.82. The number of hydrogen-bond donors (Lipinski definition) is 0. The van der Waals surface area contributed by atoms with Crippen molar-refractivity contribution in [3.8, 4) is 5.75 Å². The summed E-state index contributed by atoms with van der Waals surface area (Å²) in [6.07, 6.45) is -3.05. The summed E-state index contributed by atoms with van der Waals surface area (Å²) in [5.41, 5.74) is -0.0269. The highest BCUT2D eigenvalue weighted by molar-refractivity contribution is 5.95. The van der Waals surface area contributed by atoms with Crippen molar-refractivity contribution in [3.05, 3.63) is 95.3 Å². The van der Waals surface area contributed by atoms with Gasteiger partial charge in [0.15, 0.2) is 0 Å². The van der Waals surface area contributed by atoms with Crippen LogP contribution in [-0.2, 0) is 19.3 Å². The summed E-state index contributed by atoms with van der Waals surface area (Å²) in [7, 11) is 3.89. The van der Waals surface area contributed by atoms with E-state index in [4.69, 9.17) is 4.74 Å². The maximum absolute atomic E-state index is 13.6. The number of pyridine rings is 1. The second-order valence-electron chi connectivity index (χ2n) is 7.82. The zero-order valence-corrected chi connectivity index (χ0v) is 18.5. The van der Waals surface area contributed by atoms with E-state index in [0.29, 0.717) is 18.1 Å². The Kier molecular flexibility index (Phi) is 8.06. The van der Waals surface area contributed by atoms with Crippen molar-refractivity contribution in [2.24, 2.45) is 0 Å². The van der Waals surface area contributed by atoms with Crippen molar-refractivity contribution in [1.82, 2.24) is 14.8 Å². The highest BCUT2D eigenvalue weighted by Crippen LogP contribution is 2.33. The minimum absolute atomic E-state index is 0.0670. The van der Waals surface area contributed by atoms with Crippen molar-refractivity contribution in [1.29, 1.82) is 0 Å². The number of amides is 1. The highest BCUT2D eigenvalue weighted by atomic mass is 19.4. The van der Waals surface area contributed by atoms with E-state index in [-0.39, 0.29) is 18.7 Å². The molecule has 0 saturated carbocycles. The van der Waals surface area contributed by atoms with Crippen molar-refractivity contribution in [2.45, 2.75) is 19.3 Å². The summed E-state index contributed by atoms with van der Waals surface area (Å²) in [6, 6.07) is 17.3. The third kappa shape index (κ3) is 7.05. The fourth-order valence-electron chi connectivity index (χ4n) is 3.27. The normalized spacial score (nSPS) is 11.5. The van der Waals surface area contributed by atoms with E-state index < -0.39 is 17.6 Å². The van der Waals surface area contributed by atoms with E-state index in [9.17, 15) is 18.0 Å². The molecule has 8 heteroatoms. The van der Waals surface area contributed by atoms with Crippen LogP contribution >= 0.6 is 0 Å². The maximum atomic E-state index is 13.6. The van der Waals surface area contributed by atoms with Crippen LogP contribution in [0.1, 0.15) is 27.2 Å². The summed E-state index contributed by atoms with van der Waals surface area (Å²) in [6.45, 7) is 1.40. The van der Waals surface area contributed by atoms with E-state index >= 15 is 0 Å². The van der Waals surface area contributed by atoms with Crippen LogP contribution in [-0.4, -0.2) is 47.9 Å². The number of carbonyl (C=O) groups is 1. The molecule has 0 saturated heterocycles. The van der Waals surface area contributed by atoms with Gasteiger partial charge in [-0.3, -0.25) is 9.78 Å². The van der Waals surface area contributed by atoms with Crippen LogP contribution in [0.2, 0.25) is 0 Å². The van der Waals surface area contributed by atoms with Gasteiger partial charge in [0.2, 0.25) is 0 Å². The van der Waals surface area contributed by atoms with E-state index in [1.807, 2.05) is 31.1 Å². The van der Waals surface area contributed by atoms with Crippen molar-refractivity contribution >= 4 is 5.91 Å². The molecule has 3 rings (SSSR count). The molecule has 1 heterocycles. The third-order valence-electron chi connectivity index (χ3n) is 4.91. The first-order chi connectivity index (χ1) is 15.7. The smallest absolute Gasteiger partial charge is 0.417 e. The summed E-state index contributed by atoms with van der Waals surface area (Å²) in [5, 5.41) is 0. The lowest BCUT2D eigenvalue weighted by Gasteiger charge is -2.24. The molecular weight excluding hydrogens is 431 g/mol. The highest BCUT2D eigenvalue weighted by Gasteiger charge is 2.36. The van der Waals surface area contributed by atoms with Crippen molar-refractivity contribution in [3.63, 3.8) is 0 Å². The molecule has 0 N–H and O–H groups in total. The number of ether oxygens (including phenoxy) is 1. The number of benzene rings is 2. The Balaban J connectivity index is 1.88. The Hall–Kier alpha value is -3.39. The monoisotopic (exact) mass is 457 g/mol. The molecule has 0 fully saturated rings. The Labute approximate surface area is 191 Å². The van der Waals surface area contributed by atoms with Crippen LogP contribution in [0.3, 0.4) is 0 Å². The molecule has 0 aliphatic rings. The summed E-state index contributed by atoms with van der Waals surface area (Å²) in [4.78, 5) is 20.9. The van der Waals surface area contributed by atoms with Gasteiger partial charge in [0.25, 0.3) is 5.91 Å². The molecule has 0 aliphatic carbocycles. The van der Waals surface area contributed by atoms with E-state index in [1.165, 1.54) is 23.1 Å². The summed E-state index contributed by atoms with van der Waals surface area (Å²) in [5.74, 6) is -0.0808. The number of rotatable bonds is 9. The van der Waals surface area contributed by atoms with E-state index in [1.54, 1.807) is 36.5 Å². The fraction of sp³-hybridized carbons (Fsp3) is 0.280. The lowest BCUT2D eigenvalue weighted by atomic mass is 10.0. The van der Waals surface area contributed by atoms with Gasteiger partial charge in [0.05, 0.1) is 23.4 Å². The Morgan fingerprint density at radius 1 is 0.970 bits per heavy atom. The SMILES string of the molecule is CN(C)CCOc1cccc(CN(Cc2ccccn2)C(=O)c2ccccc2C(F)(F)F)c1. The molecule has 0 spiro atoms. The third-order valence-corrected chi connectivity index (χ3v) is 4.91. The second kappa shape index (κ2) is 11.0. The van der Waals surface area contributed by atoms with Gasteiger partial charge in [-0.1, -0.05) is 30.3 Å². The van der Waals surface area contributed by atoms with Crippen LogP contribution in [0.25, 0.3) is 0 Å². The van der Waals surface area contributed by atoms with Crippen LogP contribution in [0.4, 0.5) is 13.2 Å². The van der Waals surface area contributed by atoms with Gasteiger partial charge in [-0.05, 0) is 56.1 Å². The van der Waals surface area contributed by atoms with Crippen LogP contribution < -0.4 is 4.74 Å². The molecule has 5 nitrogen and oxygen atoms in total. The Morgan fingerprint density at radius 3 is 2.42 bits per heavy atom. The van der Waals surface area contributed by atoms with Gasteiger partial charge >= 0.3 is 6.18 Å². The minimum Gasteiger partial charge on any atom is -0.492 e. The fourth-order valence-corrected chi connectivity index (χ4v) is 3.27. The molecule has 0 aliphatic heterocycles. The number of aromatic nitrogens is 1. The number of carbonyl (C=O) groups excluding carboxylic acids is 1. The van der Waals surface area contributed by atoms with Gasteiger partial charge in [-0.25, -0.2) is 0 Å². The molecule has 1 aromatic heterocycles. The maximum Gasteiger partial charge on any atom is 0.417 e. The molecular formula is C25H26F3N3O2. The minimum atomic E-state index is -4.64. The standard InChI is InChI=1S/C25H26F3N3O2/c1-30(2)14-15-33-21-10-7-8-19(16-21)17-31(18-20-9-5-6-13-29-20)24(32)22-11-3-4-12-23(22)25(26,27)28/h3-13,16H,14-15,17-18H2,1-2H3. The van der Waals surface area contributed by atoms with Gasteiger partial charge < -0.3 is 14.5 Å². The van der Waals surface area contributed by atoms with Crippen molar-refractivity contribution in [2.75, 3.05) is 27.2 Å². The largest absolute Gasteiger partial charge is 0.492 e. The first-order valence-electron chi connectivity index (χ1n) is 10.5. The van der Waals surface area contributed by atoms with Gasteiger partial charge in [0, 0.05) is 19.3 Å². The lowest BCUT2D eigenvalue weighted by Crippen LogP contribution is -2.32. The number of halogens is 3. The molecule has 3 aromatic rings.